The number of ether oxygens (including phenoxy) is 2. The molecule has 0 amide bonds. The molecule has 110 valence electrons. The molecular weight excluding hydrogens is 260 g/mol. The molecule has 19 heavy (non-hydrogen) atoms. The van der Waals surface area contributed by atoms with Crippen molar-refractivity contribution in [2.75, 3.05) is 12.9 Å². The van der Waals surface area contributed by atoms with E-state index in [0.717, 1.165) is 25.0 Å². The zero-order valence-corrected chi connectivity index (χ0v) is 13.3. The van der Waals surface area contributed by atoms with Gasteiger partial charge in [-0.2, -0.15) is 12.6 Å². The molecule has 0 heterocycles. The van der Waals surface area contributed by atoms with Crippen LogP contribution in [0.4, 0.5) is 0 Å². The summed E-state index contributed by atoms with van der Waals surface area (Å²) in [5.41, 5.74) is 0.0506. The molecular formula is C15H26O3S. The largest absolute Gasteiger partial charge is 0.455 e. The molecule has 1 aliphatic rings. The lowest BCUT2D eigenvalue weighted by molar-refractivity contribution is -0.172. The summed E-state index contributed by atoms with van der Waals surface area (Å²) in [5.74, 6) is 1.05. The molecule has 4 heteroatoms. The molecule has 1 aliphatic carbocycles. The van der Waals surface area contributed by atoms with Crippen molar-refractivity contribution in [2.45, 2.75) is 51.7 Å². The highest BCUT2D eigenvalue weighted by atomic mass is 32.1. The maximum absolute atomic E-state index is 11.9. The van der Waals surface area contributed by atoms with Crippen molar-refractivity contribution in [3.05, 3.63) is 12.2 Å². The number of esters is 1. The lowest BCUT2D eigenvalue weighted by atomic mass is 9.71. The molecule has 0 aromatic carbocycles. The van der Waals surface area contributed by atoms with Crippen LogP contribution in [0.15, 0.2) is 12.2 Å². The van der Waals surface area contributed by atoms with E-state index in [-0.39, 0.29) is 18.0 Å². The van der Waals surface area contributed by atoms with E-state index in [0.29, 0.717) is 11.5 Å². The topological polar surface area (TPSA) is 35.5 Å². The number of thiol groups is 1. The fourth-order valence-electron chi connectivity index (χ4n) is 2.80. The first kappa shape index (κ1) is 16.6. The normalized spacial score (nSPS) is 31.3. The minimum atomic E-state index is -0.404. The zero-order valence-electron chi connectivity index (χ0n) is 12.4. The van der Waals surface area contributed by atoms with Crippen molar-refractivity contribution in [2.24, 2.45) is 11.8 Å². The Hall–Kier alpha value is -0.480. The number of hydrogen-bond acceptors (Lipinski definition) is 4. The molecule has 0 bridgehead atoms. The van der Waals surface area contributed by atoms with Crippen molar-refractivity contribution in [3.63, 3.8) is 0 Å². The second kappa shape index (κ2) is 6.80. The maximum atomic E-state index is 11.9. The summed E-state index contributed by atoms with van der Waals surface area (Å²) in [5, 5.41) is 0. The van der Waals surface area contributed by atoms with Crippen molar-refractivity contribution in [1.29, 1.82) is 0 Å². The van der Waals surface area contributed by atoms with Crippen LogP contribution in [0, 0.1) is 11.8 Å². The number of hydrogen-bond donors (Lipinski definition) is 1. The average Bonchev–Trinajstić information content (AvgIpc) is 2.38. The molecule has 0 radical (unpaired) electrons. The van der Waals surface area contributed by atoms with Gasteiger partial charge in [0.15, 0.2) is 0 Å². The van der Waals surface area contributed by atoms with E-state index in [9.17, 15) is 4.79 Å². The van der Waals surface area contributed by atoms with Crippen LogP contribution in [0.25, 0.3) is 0 Å². The number of methoxy groups -OCH3 is 1. The van der Waals surface area contributed by atoms with E-state index in [4.69, 9.17) is 9.47 Å². The molecule has 0 aromatic rings. The molecule has 0 N–H and O–H groups in total. The highest BCUT2D eigenvalue weighted by Gasteiger charge is 2.45. The lowest BCUT2D eigenvalue weighted by Crippen LogP contribution is -2.49. The predicted molar refractivity (Wildman–Crippen MR) is 80.5 cm³/mol. The van der Waals surface area contributed by atoms with Crippen molar-refractivity contribution < 1.29 is 14.3 Å². The smallest absolute Gasteiger partial charge is 0.333 e. The first-order valence-electron chi connectivity index (χ1n) is 6.88. The van der Waals surface area contributed by atoms with Crippen LogP contribution in [-0.2, 0) is 14.3 Å². The van der Waals surface area contributed by atoms with Gasteiger partial charge in [0.05, 0.1) is 6.10 Å². The molecule has 0 spiro atoms. The summed E-state index contributed by atoms with van der Waals surface area (Å²) in [6.07, 6.45) is 2.77. The van der Waals surface area contributed by atoms with E-state index in [2.05, 4.69) is 33.1 Å². The van der Waals surface area contributed by atoms with Crippen molar-refractivity contribution in [3.8, 4) is 0 Å². The van der Waals surface area contributed by atoms with Gasteiger partial charge in [-0.3, -0.25) is 0 Å². The molecule has 1 rings (SSSR count). The Bertz CT molecular complexity index is 340. The van der Waals surface area contributed by atoms with Crippen LogP contribution in [0.1, 0.15) is 40.0 Å². The van der Waals surface area contributed by atoms with Crippen LogP contribution in [0.3, 0.4) is 0 Å². The molecule has 3 unspecified atom stereocenters. The third-order valence-corrected chi connectivity index (χ3v) is 4.69. The van der Waals surface area contributed by atoms with Crippen LogP contribution in [0.5, 0.6) is 0 Å². The molecule has 0 aromatic heterocycles. The van der Waals surface area contributed by atoms with Gasteiger partial charge in [0.25, 0.3) is 0 Å². The van der Waals surface area contributed by atoms with Gasteiger partial charge in [-0.15, -0.1) is 0 Å². The van der Waals surface area contributed by atoms with Gasteiger partial charge in [-0.1, -0.05) is 20.4 Å². The fraction of sp³-hybridized carbons (Fsp3) is 0.800. The first-order chi connectivity index (χ1) is 8.86. The highest BCUT2D eigenvalue weighted by Crippen LogP contribution is 2.42. The highest BCUT2D eigenvalue weighted by molar-refractivity contribution is 7.80. The zero-order chi connectivity index (χ0) is 14.6. The minimum absolute atomic E-state index is 0.216. The average molecular weight is 286 g/mol. The summed E-state index contributed by atoms with van der Waals surface area (Å²) >= 11 is 4.42. The molecule has 0 aliphatic heterocycles. The van der Waals surface area contributed by atoms with Crippen molar-refractivity contribution >= 4 is 18.6 Å². The van der Waals surface area contributed by atoms with Gasteiger partial charge < -0.3 is 9.47 Å². The number of carbonyl (C=O) groups is 1. The van der Waals surface area contributed by atoms with Gasteiger partial charge in [0.1, 0.15) is 5.60 Å². The van der Waals surface area contributed by atoms with Gasteiger partial charge in [-0.05, 0) is 43.8 Å². The number of rotatable bonds is 5. The standard InChI is InChI=1S/C15H26O3S/c1-10(2)14(16)18-15(11(3)4)7-6-13(17-5)12(8-15)9-19/h11-13,19H,1,6-9H2,2-5H3. The Morgan fingerprint density at radius 3 is 2.58 bits per heavy atom. The SMILES string of the molecule is C=C(C)C(=O)OC1(C(C)C)CCC(OC)C(CS)C1. The second-order valence-electron chi connectivity index (χ2n) is 5.85. The quantitative estimate of drug-likeness (QED) is 0.479. The van der Waals surface area contributed by atoms with Crippen LogP contribution in [0.2, 0.25) is 0 Å². The Labute approximate surface area is 122 Å². The summed E-state index contributed by atoms with van der Waals surface area (Å²) in [6.45, 7) is 9.57. The second-order valence-corrected chi connectivity index (χ2v) is 6.21. The van der Waals surface area contributed by atoms with E-state index < -0.39 is 5.60 Å². The Morgan fingerprint density at radius 1 is 1.53 bits per heavy atom. The first-order valence-corrected chi connectivity index (χ1v) is 7.52. The van der Waals surface area contributed by atoms with Gasteiger partial charge in [0, 0.05) is 12.7 Å². The Kier molecular flexibility index (Phi) is 5.93. The third-order valence-electron chi connectivity index (χ3n) is 4.22. The van der Waals surface area contributed by atoms with E-state index in [1.54, 1.807) is 14.0 Å². The monoisotopic (exact) mass is 286 g/mol. The molecule has 1 fully saturated rings. The lowest BCUT2D eigenvalue weighted by Gasteiger charge is -2.45. The van der Waals surface area contributed by atoms with Crippen LogP contribution in [-0.4, -0.2) is 30.5 Å². The summed E-state index contributed by atoms with van der Waals surface area (Å²) < 4.78 is 11.3. The summed E-state index contributed by atoms with van der Waals surface area (Å²) in [4.78, 5) is 11.9. The van der Waals surface area contributed by atoms with E-state index in [1.165, 1.54) is 0 Å². The Balaban J connectivity index is 2.89. The van der Waals surface area contributed by atoms with Crippen molar-refractivity contribution in [1.82, 2.24) is 0 Å². The molecule has 0 saturated heterocycles. The van der Waals surface area contributed by atoms with E-state index >= 15 is 0 Å². The molecule has 3 atom stereocenters. The predicted octanol–water partition coefficient (Wildman–Crippen LogP) is 3.25. The summed E-state index contributed by atoms with van der Waals surface area (Å²) in [6, 6.07) is 0. The number of carbonyl (C=O) groups excluding carboxylic acids is 1. The van der Waals surface area contributed by atoms with E-state index in [1.807, 2.05) is 0 Å². The van der Waals surface area contributed by atoms with Gasteiger partial charge in [0.2, 0.25) is 0 Å². The molecule has 1 saturated carbocycles. The van der Waals surface area contributed by atoms with Gasteiger partial charge >= 0.3 is 5.97 Å². The third kappa shape index (κ3) is 3.76. The summed E-state index contributed by atoms with van der Waals surface area (Å²) in [7, 11) is 1.74. The van der Waals surface area contributed by atoms with Gasteiger partial charge in [-0.25, -0.2) is 4.79 Å². The fourth-order valence-corrected chi connectivity index (χ4v) is 3.16. The minimum Gasteiger partial charge on any atom is -0.455 e. The van der Waals surface area contributed by atoms with Crippen LogP contribution >= 0.6 is 12.6 Å². The van der Waals surface area contributed by atoms with Crippen LogP contribution < -0.4 is 0 Å². The molecule has 3 nitrogen and oxygen atoms in total. The maximum Gasteiger partial charge on any atom is 0.333 e. The Morgan fingerprint density at radius 2 is 2.16 bits per heavy atom.